The van der Waals surface area contributed by atoms with E-state index in [4.69, 9.17) is 5.11 Å². The van der Waals surface area contributed by atoms with Crippen molar-refractivity contribution in [2.75, 3.05) is 0 Å². The van der Waals surface area contributed by atoms with E-state index in [1.54, 1.807) is 10.6 Å². The van der Waals surface area contributed by atoms with Crippen molar-refractivity contribution >= 4 is 16.9 Å². The van der Waals surface area contributed by atoms with Crippen LogP contribution >= 0.6 is 0 Å². The summed E-state index contributed by atoms with van der Waals surface area (Å²) in [6.45, 7) is 0. The van der Waals surface area contributed by atoms with Gasteiger partial charge in [0, 0.05) is 12.8 Å². The van der Waals surface area contributed by atoms with E-state index in [1.807, 2.05) is 48.5 Å². The van der Waals surface area contributed by atoms with Gasteiger partial charge in [-0.3, -0.25) is 14.2 Å². The highest BCUT2D eigenvalue weighted by atomic mass is 16.4. The van der Waals surface area contributed by atoms with E-state index in [-0.39, 0.29) is 12.0 Å². The van der Waals surface area contributed by atoms with Crippen LogP contribution in [-0.2, 0) is 11.2 Å². The smallest absolute Gasteiger partial charge is 0.303 e. The van der Waals surface area contributed by atoms with Gasteiger partial charge in [0.05, 0.1) is 16.6 Å². The zero-order valence-electron chi connectivity index (χ0n) is 13.2. The minimum absolute atomic E-state index is 0.0972. The summed E-state index contributed by atoms with van der Waals surface area (Å²) < 4.78 is 1.63. The van der Waals surface area contributed by atoms with Gasteiger partial charge in [-0.2, -0.15) is 0 Å². The fourth-order valence-electron chi connectivity index (χ4n) is 2.75. The van der Waals surface area contributed by atoms with Crippen LogP contribution in [0.1, 0.15) is 25.1 Å². The van der Waals surface area contributed by atoms with E-state index in [0.29, 0.717) is 36.0 Å². The topological polar surface area (TPSA) is 72.2 Å². The molecule has 2 aromatic carbocycles. The highest BCUT2D eigenvalue weighted by Gasteiger charge is 2.12. The van der Waals surface area contributed by atoms with Gasteiger partial charge in [0.1, 0.15) is 5.82 Å². The number of carbonyl (C=O) groups is 1. The lowest BCUT2D eigenvalue weighted by atomic mass is 10.1. The largest absolute Gasteiger partial charge is 0.481 e. The van der Waals surface area contributed by atoms with Crippen LogP contribution in [0.15, 0.2) is 59.4 Å². The number of aliphatic carboxylic acids is 1. The van der Waals surface area contributed by atoms with Crippen LogP contribution in [0.2, 0.25) is 0 Å². The van der Waals surface area contributed by atoms with Gasteiger partial charge in [-0.15, -0.1) is 0 Å². The summed E-state index contributed by atoms with van der Waals surface area (Å²) in [6, 6.07) is 16.7. The summed E-state index contributed by atoms with van der Waals surface area (Å²) in [6.07, 6.45) is 1.92. The van der Waals surface area contributed by atoms with Gasteiger partial charge in [-0.05, 0) is 37.1 Å². The Balaban J connectivity index is 2.05. The molecule has 5 heteroatoms. The molecule has 0 fully saturated rings. The maximum absolute atomic E-state index is 12.9. The minimum Gasteiger partial charge on any atom is -0.481 e. The molecule has 3 rings (SSSR count). The molecule has 24 heavy (non-hydrogen) atoms. The van der Waals surface area contributed by atoms with Crippen LogP contribution in [0.4, 0.5) is 0 Å². The van der Waals surface area contributed by atoms with Gasteiger partial charge < -0.3 is 5.11 Å². The maximum atomic E-state index is 12.9. The number of nitrogens with zero attached hydrogens (tertiary/aromatic N) is 2. The van der Waals surface area contributed by atoms with Crippen LogP contribution in [0, 0.1) is 0 Å². The van der Waals surface area contributed by atoms with Gasteiger partial charge in [0.2, 0.25) is 0 Å². The van der Waals surface area contributed by atoms with Crippen LogP contribution in [0.25, 0.3) is 16.6 Å². The standard InChI is InChI=1S/C19H18N2O3/c22-18(23)13-7-6-12-17-20-16-11-5-4-10-15(16)19(24)21(17)14-8-2-1-3-9-14/h1-5,8-11H,6-7,12-13H2,(H,22,23). The number of hydrogen-bond donors (Lipinski definition) is 1. The second-order valence-electron chi connectivity index (χ2n) is 5.62. The molecule has 1 heterocycles. The lowest BCUT2D eigenvalue weighted by Crippen LogP contribution is -2.24. The third-order valence-corrected chi connectivity index (χ3v) is 3.90. The zero-order valence-corrected chi connectivity index (χ0v) is 13.2. The van der Waals surface area contributed by atoms with E-state index < -0.39 is 5.97 Å². The number of hydrogen-bond acceptors (Lipinski definition) is 3. The van der Waals surface area contributed by atoms with Crippen molar-refractivity contribution < 1.29 is 9.90 Å². The summed E-state index contributed by atoms with van der Waals surface area (Å²) >= 11 is 0. The summed E-state index contributed by atoms with van der Waals surface area (Å²) in [5.41, 5.74) is 1.34. The zero-order chi connectivity index (χ0) is 16.9. The number of carboxylic acid groups (broad SMARTS) is 1. The van der Waals surface area contributed by atoms with Crippen molar-refractivity contribution in [3.05, 3.63) is 70.8 Å². The maximum Gasteiger partial charge on any atom is 0.303 e. The van der Waals surface area contributed by atoms with Crippen LogP contribution in [-0.4, -0.2) is 20.6 Å². The average molecular weight is 322 g/mol. The molecule has 1 aromatic heterocycles. The summed E-state index contributed by atoms with van der Waals surface area (Å²) in [5.74, 6) is -0.141. The molecule has 0 aliphatic rings. The highest BCUT2D eigenvalue weighted by Crippen LogP contribution is 2.14. The fourth-order valence-corrected chi connectivity index (χ4v) is 2.75. The molecule has 0 aliphatic carbocycles. The third-order valence-electron chi connectivity index (χ3n) is 3.90. The Morgan fingerprint density at radius 3 is 2.46 bits per heavy atom. The first kappa shape index (κ1) is 15.9. The predicted molar refractivity (Wildman–Crippen MR) is 92.5 cm³/mol. The van der Waals surface area contributed by atoms with Crippen molar-refractivity contribution in [2.24, 2.45) is 0 Å². The molecule has 0 saturated carbocycles. The van der Waals surface area contributed by atoms with Crippen molar-refractivity contribution in [1.82, 2.24) is 9.55 Å². The summed E-state index contributed by atoms with van der Waals surface area (Å²) in [4.78, 5) is 28.2. The third kappa shape index (κ3) is 3.35. The molecule has 0 unspecified atom stereocenters. The molecule has 0 atom stereocenters. The second-order valence-corrected chi connectivity index (χ2v) is 5.62. The van der Waals surface area contributed by atoms with Gasteiger partial charge in [-0.1, -0.05) is 30.3 Å². The Morgan fingerprint density at radius 1 is 1.00 bits per heavy atom. The average Bonchev–Trinajstić information content (AvgIpc) is 2.59. The van der Waals surface area contributed by atoms with Crippen LogP contribution in [0.3, 0.4) is 0 Å². The molecular formula is C19H18N2O3. The van der Waals surface area contributed by atoms with Gasteiger partial charge in [0.15, 0.2) is 0 Å². The summed E-state index contributed by atoms with van der Waals surface area (Å²) in [7, 11) is 0. The predicted octanol–water partition coefficient (Wildman–Crippen LogP) is 3.18. The number of para-hydroxylation sites is 2. The lowest BCUT2D eigenvalue weighted by Gasteiger charge is -2.13. The Kier molecular flexibility index (Phi) is 4.70. The number of unbranched alkanes of at least 4 members (excludes halogenated alkanes) is 1. The molecule has 0 amide bonds. The van der Waals surface area contributed by atoms with Crippen LogP contribution in [0.5, 0.6) is 0 Å². The molecule has 0 spiro atoms. The normalized spacial score (nSPS) is 10.8. The lowest BCUT2D eigenvalue weighted by molar-refractivity contribution is -0.137. The Bertz CT molecular complexity index is 917. The molecule has 0 saturated heterocycles. The molecule has 1 N–H and O–H groups in total. The van der Waals surface area contributed by atoms with E-state index in [9.17, 15) is 9.59 Å². The van der Waals surface area contributed by atoms with E-state index in [0.717, 1.165) is 5.69 Å². The molecular weight excluding hydrogens is 304 g/mol. The number of fused-ring (bicyclic) bond motifs is 1. The molecule has 5 nitrogen and oxygen atoms in total. The Morgan fingerprint density at radius 2 is 1.71 bits per heavy atom. The van der Waals surface area contributed by atoms with Gasteiger partial charge in [-0.25, -0.2) is 4.98 Å². The van der Waals surface area contributed by atoms with Crippen molar-refractivity contribution in [1.29, 1.82) is 0 Å². The van der Waals surface area contributed by atoms with E-state index in [2.05, 4.69) is 4.98 Å². The SMILES string of the molecule is O=C(O)CCCCc1nc2ccccc2c(=O)n1-c1ccccc1. The van der Waals surface area contributed by atoms with Crippen molar-refractivity contribution in [3.63, 3.8) is 0 Å². The van der Waals surface area contributed by atoms with E-state index >= 15 is 0 Å². The van der Waals surface area contributed by atoms with Crippen molar-refractivity contribution in [2.45, 2.75) is 25.7 Å². The number of rotatable bonds is 6. The fraction of sp³-hybridized carbons (Fsp3) is 0.211. The first-order valence-electron chi connectivity index (χ1n) is 7.95. The molecule has 3 aromatic rings. The van der Waals surface area contributed by atoms with Gasteiger partial charge in [0.25, 0.3) is 5.56 Å². The Labute approximate surface area is 139 Å². The highest BCUT2D eigenvalue weighted by molar-refractivity contribution is 5.77. The Hall–Kier alpha value is -2.95. The monoisotopic (exact) mass is 322 g/mol. The first-order chi connectivity index (χ1) is 11.7. The van der Waals surface area contributed by atoms with Gasteiger partial charge >= 0.3 is 5.97 Å². The first-order valence-corrected chi connectivity index (χ1v) is 7.95. The number of carboxylic acids is 1. The van der Waals surface area contributed by atoms with Crippen molar-refractivity contribution in [3.8, 4) is 5.69 Å². The molecule has 0 bridgehead atoms. The second kappa shape index (κ2) is 7.08. The van der Waals surface area contributed by atoms with E-state index in [1.165, 1.54) is 0 Å². The number of aromatic nitrogens is 2. The number of benzene rings is 2. The van der Waals surface area contributed by atoms with Crippen LogP contribution < -0.4 is 5.56 Å². The number of aryl methyl sites for hydroxylation is 1. The molecule has 122 valence electrons. The minimum atomic E-state index is -0.804. The molecule has 0 aliphatic heterocycles. The quantitative estimate of drug-likeness (QED) is 0.708. The molecule has 0 radical (unpaired) electrons. The summed E-state index contributed by atoms with van der Waals surface area (Å²) in [5, 5.41) is 9.34.